The number of rotatable bonds is 6. The zero-order chi connectivity index (χ0) is 18.6. The number of imidazole rings is 1. The second-order valence-electron chi connectivity index (χ2n) is 6.44. The third-order valence-electron chi connectivity index (χ3n) is 4.70. The van der Waals surface area contributed by atoms with Crippen LogP contribution in [0.15, 0.2) is 30.9 Å². The average molecular weight is 369 g/mol. The fraction of sp³-hybridized carbons (Fsp3) is 0.421. The molecule has 1 saturated heterocycles. The van der Waals surface area contributed by atoms with Gasteiger partial charge < -0.3 is 19.5 Å². The zero-order valence-electron chi connectivity index (χ0n) is 15.5. The molecule has 1 aliphatic heterocycles. The largest absolute Gasteiger partial charge is 0.497 e. The van der Waals surface area contributed by atoms with E-state index in [4.69, 9.17) is 14.2 Å². The first-order valence-electron chi connectivity index (χ1n) is 9.03. The Morgan fingerprint density at radius 2 is 1.93 bits per heavy atom. The molecule has 0 saturated carbocycles. The predicted octanol–water partition coefficient (Wildman–Crippen LogP) is 3.15. The van der Waals surface area contributed by atoms with Gasteiger partial charge in [-0.1, -0.05) is 0 Å². The highest BCUT2D eigenvalue weighted by Crippen LogP contribution is 2.28. The van der Waals surface area contributed by atoms with E-state index in [0.29, 0.717) is 12.4 Å². The minimum Gasteiger partial charge on any atom is -0.497 e. The monoisotopic (exact) mass is 369 g/mol. The molecular formula is C19H23N5O3. The second kappa shape index (κ2) is 7.79. The van der Waals surface area contributed by atoms with Gasteiger partial charge in [-0.15, -0.1) is 0 Å². The Labute approximate surface area is 157 Å². The molecule has 4 rings (SSSR count). The maximum atomic E-state index is 5.87. The van der Waals surface area contributed by atoms with Crippen molar-refractivity contribution in [2.24, 2.45) is 0 Å². The molecule has 1 N–H and O–H groups in total. The van der Waals surface area contributed by atoms with Crippen LogP contribution in [0.4, 0.5) is 5.82 Å². The van der Waals surface area contributed by atoms with Crippen molar-refractivity contribution in [3.8, 4) is 11.5 Å². The number of methoxy groups -OCH3 is 2. The molecule has 1 aromatic carbocycles. The van der Waals surface area contributed by atoms with E-state index in [1.165, 1.54) is 0 Å². The third kappa shape index (κ3) is 3.66. The first-order chi connectivity index (χ1) is 13.3. The Hall–Kier alpha value is -2.87. The molecular weight excluding hydrogens is 346 g/mol. The van der Waals surface area contributed by atoms with E-state index in [0.717, 1.165) is 54.1 Å². The normalized spacial score (nSPS) is 17.0. The number of benzene rings is 1. The van der Waals surface area contributed by atoms with Crippen LogP contribution in [0.2, 0.25) is 0 Å². The Balaban J connectivity index is 1.57. The van der Waals surface area contributed by atoms with Gasteiger partial charge in [0, 0.05) is 19.2 Å². The minimum absolute atomic E-state index is 0.00542. The predicted molar refractivity (Wildman–Crippen MR) is 101 cm³/mol. The number of nitrogens with one attached hydrogen (secondary N) is 1. The van der Waals surface area contributed by atoms with Gasteiger partial charge >= 0.3 is 0 Å². The molecule has 1 aliphatic rings. The Bertz CT molecular complexity index is 899. The van der Waals surface area contributed by atoms with Crippen molar-refractivity contribution in [3.63, 3.8) is 0 Å². The second-order valence-corrected chi connectivity index (χ2v) is 6.44. The number of fused-ring (bicyclic) bond motifs is 1. The SMILES string of the molecule is COc1cc(CNc2ncnc3c2ncn3[C@@H]2CCCCO2)cc(OC)c1. The average Bonchev–Trinajstić information content (AvgIpc) is 3.17. The fourth-order valence-corrected chi connectivity index (χ4v) is 3.29. The molecule has 0 unspecified atom stereocenters. The fourth-order valence-electron chi connectivity index (χ4n) is 3.29. The van der Waals surface area contributed by atoms with Gasteiger partial charge in [-0.25, -0.2) is 15.0 Å². The summed E-state index contributed by atoms with van der Waals surface area (Å²) in [4.78, 5) is 13.3. The van der Waals surface area contributed by atoms with Gasteiger partial charge in [0.15, 0.2) is 17.0 Å². The van der Waals surface area contributed by atoms with E-state index < -0.39 is 0 Å². The van der Waals surface area contributed by atoms with E-state index in [9.17, 15) is 0 Å². The van der Waals surface area contributed by atoms with Crippen molar-refractivity contribution < 1.29 is 14.2 Å². The summed E-state index contributed by atoms with van der Waals surface area (Å²) >= 11 is 0. The highest BCUT2D eigenvalue weighted by atomic mass is 16.5. The standard InChI is InChI=1S/C19H23N5O3/c1-25-14-7-13(8-15(9-14)26-2)10-20-18-17-19(22-11-21-18)24(12-23-17)16-5-3-4-6-27-16/h7-9,11-12,16H,3-6,10H2,1-2H3,(H,20,21,22)/t16-/m0/s1. The van der Waals surface area contributed by atoms with Crippen LogP contribution in [0.5, 0.6) is 11.5 Å². The molecule has 0 spiro atoms. The number of anilines is 1. The zero-order valence-corrected chi connectivity index (χ0v) is 15.5. The van der Waals surface area contributed by atoms with Crippen molar-refractivity contribution in [1.82, 2.24) is 19.5 Å². The molecule has 8 heteroatoms. The minimum atomic E-state index is -0.00542. The summed E-state index contributed by atoms with van der Waals surface area (Å²) in [5, 5.41) is 3.34. The molecule has 2 aromatic heterocycles. The van der Waals surface area contributed by atoms with Gasteiger partial charge in [0.05, 0.1) is 20.5 Å². The highest BCUT2D eigenvalue weighted by molar-refractivity contribution is 5.82. The van der Waals surface area contributed by atoms with Crippen LogP contribution in [0.25, 0.3) is 11.2 Å². The van der Waals surface area contributed by atoms with E-state index in [1.54, 1.807) is 26.9 Å². The summed E-state index contributed by atoms with van der Waals surface area (Å²) in [5.74, 6) is 2.19. The summed E-state index contributed by atoms with van der Waals surface area (Å²) in [6.07, 6.45) is 6.57. The van der Waals surface area contributed by atoms with Crippen LogP contribution in [0.1, 0.15) is 31.1 Å². The van der Waals surface area contributed by atoms with E-state index >= 15 is 0 Å². The quantitative estimate of drug-likeness (QED) is 0.714. The lowest BCUT2D eigenvalue weighted by molar-refractivity contribution is -0.0298. The number of nitrogens with zero attached hydrogens (tertiary/aromatic N) is 4. The van der Waals surface area contributed by atoms with Crippen molar-refractivity contribution in [2.45, 2.75) is 32.0 Å². The molecule has 8 nitrogen and oxygen atoms in total. The van der Waals surface area contributed by atoms with Gasteiger partial charge in [-0.3, -0.25) is 4.57 Å². The first-order valence-corrected chi connectivity index (χ1v) is 9.03. The van der Waals surface area contributed by atoms with Crippen LogP contribution in [-0.4, -0.2) is 40.3 Å². The molecule has 1 fully saturated rings. The van der Waals surface area contributed by atoms with Gasteiger partial charge in [-0.2, -0.15) is 0 Å². The molecule has 0 bridgehead atoms. The molecule has 1 atom stereocenters. The smallest absolute Gasteiger partial charge is 0.167 e. The summed E-state index contributed by atoms with van der Waals surface area (Å²) in [6.45, 7) is 1.34. The van der Waals surface area contributed by atoms with Crippen molar-refractivity contribution in [3.05, 3.63) is 36.4 Å². The number of hydrogen-bond donors (Lipinski definition) is 1. The summed E-state index contributed by atoms with van der Waals surface area (Å²) in [7, 11) is 3.28. The molecule has 3 aromatic rings. The topological polar surface area (TPSA) is 83.3 Å². The van der Waals surface area contributed by atoms with Crippen LogP contribution >= 0.6 is 0 Å². The van der Waals surface area contributed by atoms with Crippen LogP contribution < -0.4 is 14.8 Å². The van der Waals surface area contributed by atoms with Crippen molar-refractivity contribution >= 4 is 17.0 Å². The van der Waals surface area contributed by atoms with E-state index in [2.05, 4.69) is 20.3 Å². The van der Waals surface area contributed by atoms with Crippen LogP contribution in [-0.2, 0) is 11.3 Å². The van der Waals surface area contributed by atoms with E-state index in [-0.39, 0.29) is 6.23 Å². The Morgan fingerprint density at radius 3 is 2.63 bits per heavy atom. The lowest BCUT2D eigenvalue weighted by atomic mass is 10.2. The van der Waals surface area contributed by atoms with Crippen LogP contribution in [0, 0.1) is 0 Å². The summed E-state index contributed by atoms with van der Waals surface area (Å²) in [5.41, 5.74) is 2.54. The highest BCUT2D eigenvalue weighted by Gasteiger charge is 2.20. The van der Waals surface area contributed by atoms with E-state index in [1.807, 2.05) is 22.8 Å². The molecule has 142 valence electrons. The van der Waals surface area contributed by atoms with Crippen molar-refractivity contribution in [1.29, 1.82) is 0 Å². The molecule has 0 aliphatic carbocycles. The lowest BCUT2D eigenvalue weighted by Gasteiger charge is -2.23. The van der Waals surface area contributed by atoms with Gasteiger partial charge in [0.1, 0.15) is 24.1 Å². The van der Waals surface area contributed by atoms with Gasteiger partial charge in [0.25, 0.3) is 0 Å². The number of hydrogen-bond acceptors (Lipinski definition) is 7. The Morgan fingerprint density at radius 1 is 1.11 bits per heavy atom. The lowest BCUT2D eigenvalue weighted by Crippen LogP contribution is -2.17. The third-order valence-corrected chi connectivity index (χ3v) is 4.70. The van der Waals surface area contributed by atoms with Crippen molar-refractivity contribution in [2.75, 3.05) is 26.1 Å². The Kier molecular flexibility index (Phi) is 5.06. The summed E-state index contributed by atoms with van der Waals surface area (Å²) < 4.78 is 18.5. The molecule has 0 radical (unpaired) electrons. The molecule has 27 heavy (non-hydrogen) atoms. The van der Waals surface area contributed by atoms with Gasteiger partial charge in [0.2, 0.25) is 0 Å². The summed E-state index contributed by atoms with van der Waals surface area (Å²) in [6, 6.07) is 5.77. The number of ether oxygens (including phenoxy) is 3. The van der Waals surface area contributed by atoms with Gasteiger partial charge in [-0.05, 0) is 37.0 Å². The number of aromatic nitrogens is 4. The molecule has 3 heterocycles. The first kappa shape index (κ1) is 17.5. The maximum Gasteiger partial charge on any atom is 0.167 e. The van der Waals surface area contributed by atoms with Crippen LogP contribution in [0.3, 0.4) is 0 Å². The molecule has 0 amide bonds. The maximum absolute atomic E-state index is 5.87.